The molecule has 0 aromatic heterocycles. The van der Waals surface area contributed by atoms with Crippen LogP contribution in [0.4, 0.5) is 0 Å². The first-order valence-electron chi connectivity index (χ1n) is 7.62. The molecule has 0 aliphatic carbocycles. The zero-order chi connectivity index (χ0) is 16.4. The third-order valence-corrected chi connectivity index (χ3v) is 6.22. The second kappa shape index (κ2) is 6.56. The number of amides is 1. The molecular weight excluding hydrogens is 320 g/mol. The Labute approximate surface area is 135 Å². The molecule has 2 aliphatic rings. The van der Waals surface area contributed by atoms with Crippen molar-refractivity contribution < 1.29 is 22.7 Å². The van der Waals surface area contributed by atoms with Crippen LogP contribution in [0.5, 0.6) is 0 Å². The Morgan fingerprint density at radius 2 is 1.65 bits per heavy atom. The minimum atomic E-state index is -3.55. The van der Waals surface area contributed by atoms with E-state index in [1.54, 1.807) is 0 Å². The van der Waals surface area contributed by atoms with Crippen molar-refractivity contribution in [3.05, 3.63) is 29.8 Å². The first-order valence-corrected chi connectivity index (χ1v) is 9.06. The number of hydrogen-bond donors (Lipinski definition) is 1. The molecule has 2 fully saturated rings. The summed E-state index contributed by atoms with van der Waals surface area (Å²) in [5, 5.41) is 0. The highest BCUT2D eigenvalue weighted by molar-refractivity contribution is 7.89. The average molecular weight is 340 g/mol. The van der Waals surface area contributed by atoms with E-state index in [4.69, 9.17) is 15.2 Å². The summed E-state index contributed by atoms with van der Waals surface area (Å²) >= 11 is 0. The van der Waals surface area contributed by atoms with Crippen LogP contribution in [-0.4, -0.2) is 51.2 Å². The molecule has 0 unspecified atom stereocenters. The van der Waals surface area contributed by atoms with Gasteiger partial charge in [0.15, 0.2) is 6.29 Å². The van der Waals surface area contributed by atoms with Gasteiger partial charge in [0.25, 0.3) is 0 Å². The fourth-order valence-corrected chi connectivity index (χ4v) is 4.45. The van der Waals surface area contributed by atoms with Crippen molar-refractivity contribution in [3.8, 4) is 0 Å². The van der Waals surface area contributed by atoms with Gasteiger partial charge in [-0.3, -0.25) is 4.79 Å². The van der Waals surface area contributed by atoms with Crippen molar-refractivity contribution in [2.75, 3.05) is 26.3 Å². The van der Waals surface area contributed by atoms with Crippen molar-refractivity contribution in [2.24, 2.45) is 11.7 Å². The fraction of sp³-hybridized carbons (Fsp3) is 0.533. The topological polar surface area (TPSA) is 98.9 Å². The van der Waals surface area contributed by atoms with Gasteiger partial charge >= 0.3 is 0 Å². The van der Waals surface area contributed by atoms with Gasteiger partial charge in [-0.05, 0) is 37.1 Å². The van der Waals surface area contributed by atoms with Crippen molar-refractivity contribution >= 4 is 15.9 Å². The molecule has 7 nitrogen and oxygen atoms in total. The number of nitrogens with two attached hydrogens (primary N) is 1. The maximum atomic E-state index is 12.6. The molecule has 126 valence electrons. The van der Waals surface area contributed by atoms with Crippen LogP contribution >= 0.6 is 0 Å². The SMILES string of the molecule is NC(=O)c1ccc(S(=O)(=O)N2CCC(C3OCCO3)CC2)cc1. The van der Waals surface area contributed by atoms with Crippen LogP contribution in [-0.2, 0) is 19.5 Å². The first-order chi connectivity index (χ1) is 11.0. The molecule has 2 aliphatic heterocycles. The Morgan fingerprint density at radius 1 is 1.09 bits per heavy atom. The molecule has 3 rings (SSSR count). The van der Waals surface area contributed by atoms with Crippen LogP contribution in [0.15, 0.2) is 29.2 Å². The molecule has 2 heterocycles. The molecule has 2 saturated heterocycles. The van der Waals surface area contributed by atoms with Gasteiger partial charge in [0.05, 0.1) is 18.1 Å². The maximum absolute atomic E-state index is 12.6. The number of piperidine rings is 1. The zero-order valence-electron chi connectivity index (χ0n) is 12.7. The number of benzene rings is 1. The lowest BCUT2D eigenvalue weighted by Crippen LogP contribution is -2.41. The van der Waals surface area contributed by atoms with Crippen LogP contribution in [0.25, 0.3) is 0 Å². The van der Waals surface area contributed by atoms with Gasteiger partial charge in [-0.2, -0.15) is 4.31 Å². The van der Waals surface area contributed by atoms with Gasteiger partial charge < -0.3 is 15.2 Å². The number of nitrogens with zero attached hydrogens (tertiary/aromatic N) is 1. The fourth-order valence-electron chi connectivity index (χ4n) is 2.98. The second-order valence-corrected chi connectivity index (χ2v) is 7.68. The maximum Gasteiger partial charge on any atom is 0.248 e. The Kier molecular flexibility index (Phi) is 4.67. The van der Waals surface area contributed by atoms with E-state index >= 15 is 0 Å². The second-order valence-electron chi connectivity index (χ2n) is 5.74. The largest absolute Gasteiger partial charge is 0.366 e. The third kappa shape index (κ3) is 3.40. The van der Waals surface area contributed by atoms with Crippen molar-refractivity contribution in [3.63, 3.8) is 0 Å². The molecular formula is C15H20N2O5S. The van der Waals surface area contributed by atoms with Crippen molar-refractivity contribution in [2.45, 2.75) is 24.0 Å². The molecule has 23 heavy (non-hydrogen) atoms. The number of carbonyl (C=O) groups excluding carboxylic acids is 1. The number of primary amides is 1. The highest BCUT2D eigenvalue weighted by Gasteiger charge is 2.34. The standard InChI is InChI=1S/C15H20N2O5S/c16-14(18)11-1-3-13(4-2-11)23(19,20)17-7-5-12(6-8-17)15-21-9-10-22-15/h1-4,12,15H,5-10H2,(H2,16,18). The normalized spacial score (nSPS) is 21.6. The quantitative estimate of drug-likeness (QED) is 0.863. The number of sulfonamides is 1. The van der Waals surface area contributed by atoms with E-state index in [0.717, 1.165) is 0 Å². The monoisotopic (exact) mass is 340 g/mol. The first kappa shape index (κ1) is 16.4. The van der Waals surface area contributed by atoms with E-state index in [1.165, 1.54) is 28.6 Å². The molecule has 0 saturated carbocycles. The van der Waals surface area contributed by atoms with Gasteiger partial charge in [0, 0.05) is 24.6 Å². The van der Waals surface area contributed by atoms with Gasteiger partial charge in [0.1, 0.15) is 0 Å². The Hall–Kier alpha value is -1.48. The smallest absolute Gasteiger partial charge is 0.248 e. The van der Waals surface area contributed by atoms with Gasteiger partial charge in [-0.1, -0.05) is 0 Å². The zero-order valence-corrected chi connectivity index (χ0v) is 13.5. The molecule has 1 aromatic rings. The highest BCUT2D eigenvalue weighted by atomic mass is 32.2. The van der Waals surface area contributed by atoms with Crippen molar-refractivity contribution in [1.29, 1.82) is 0 Å². The molecule has 1 aromatic carbocycles. The predicted octanol–water partition coefficient (Wildman–Crippen LogP) is 0.559. The summed E-state index contributed by atoms with van der Waals surface area (Å²) in [6, 6.07) is 5.71. The van der Waals surface area contributed by atoms with Crippen LogP contribution in [0, 0.1) is 5.92 Å². The summed E-state index contributed by atoms with van der Waals surface area (Å²) in [6.45, 7) is 2.09. The van der Waals surface area contributed by atoms with E-state index in [0.29, 0.717) is 39.1 Å². The van der Waals surface area contributed by atoms with Gasteiger partial charge in [-0.25, -0.2) is 8.42 Å². The van der Waals surface area contributed by atoms with E-state index < -0.39 is 15.9 Å². The number of ether oxygens (including phenoxy) is 2. The number of carbonyl (C=O) groups is 1. The Bertz CT molecular complexity index is 660. The summed E-state index contributed by atoms with van der Waals surface area (Å²) in [6.07, 6.45) is 1.22. The lowest BCUT2D eigenvalue weighted by Gasteiger charge is -2.33. The lowest BCUT2D eigenvalue weighted by molar-refractivity contribution is -0.0938. The molecule has 0 atom stereocenters. The van der Waals surface area contributed by atoms with Crippen LogP contribution in [0.3, 0.4) is 0 Å². The summed E-state index contributed by atoms with van der Waals surface area (Å²) in [7, 11) is -3.55. The Morgan fingerprint density at radius 3 is 2.17 bits per heavy atom. The molecule has 0 radical (unpaired) electrons. The minimum Gasteiger partial charge on any atom is -0.366 e. The van der Waals surface area contributed by atoms with Crippen LogP contribution in [0.1, 0.15) is 23.2 Å². The predicted molar refractivity (Wildman–Crippen MR) is 82.1 cm³/mol. The molecule has 8 heteroatoms. The summed E-state index contributed by atoms with van der Waals surface area (Å²) in [5.41, 5.74) is 5.46. The molecule has 0 bridgehead atoms. The summed E-state index contributed by atoms with van der Waals surface area (Å²) in [4.78, 5) is 11.2. The van der Waals surface area contributed by atoms with E-state index in [2.05, 4.69) is 0 Å². The van der Waals surface area contributed by atoms with E-state index in [-0.39, 0.29) is 22.7 Å². The van der Waals surface area contributed by atoms with E-state index in [1.807, 2.05) is 0 Å². The minimum absolute atomic E-state index is 0.175. The van der Waals surface area contributed by atoms with Crippen LogP contribution < -0.4 is 5.73 Å². The van der Waals surface area contributed by atoms with Gasteiger partial charge in [0.2, 0.25) is 15.9 Å². The van der Waals surface area contributed by atoms with Crippen LogP contribution in [0.2, 0.25) is 0 Å². The molecule has 2 N–H and O–H groups in total. The van der Waals surface area contributed by atoms with E-state index in [9.17, 15) is 13.2 Å². The molecule has 0 spiro atoms. The average Bonchev–Trinajstić information content (AvgIpc) is 3.09. The summed E-state index contributed by atoms with van der Waals surface area (Å²) in [5.74, 6) is -0.340. The van der Waals surface area contributed by atoms with Gasteiger partial charge in [-0.15, -0.1) is 0 Å². The lowest BCUT2D eigenvalue weighted by atomic mass is 9.98. The number of rotatable bonds is 4. The van der Waals surface area contributed by atoms with Crippen molar-refractivity contribution in [1.82, 2.24) is 4.31 Å². The Balaban J connectivity index is 1.67. The highest BCUT2D eigenvalue weighted by Crippen LogP contribution is 2.28. The number of hydrogen-bond acceptors (Lipinski definition) is 5. The third-order valence-electron chi connectivity index (χ3n) is 4.31. The summed E-state index contributed by atoms with van der Waals surface area (Å²) < 4.78 is 37.8. The molecule has 1 amide bonds.